The third kappa shape index (κ3) is 3.32. The Morgan fingerprint density at radius 1 is 1.41 bits per heavy atom. The van der Waals surface area contributed by atoms with Crippen LogP contribution in [0.2, 0.25) is 0 Å². The van der Waals surface area contributed by atoms with Crippen LogP contribution in [0.25, 0.3) is 0 Å². The number of nitrogens with two attached hydrogens (primary N) is 1. The number of nitrogens with zero attached hydrogens (tertiary/aromatic N) is 2. The molecule has 0 bridgehead atoms. The zero-order chi connectivity index (χ0) is 12.3. The summed E-state index contributed by atoms with van der Waals surface area (Å²) in [6.07, 6.45) is 10.7. The second kappa shape index (κ2) is 5.21. The van der Waals surface area contributed by atoms with Crippen molar-refractivity contribution in [2.75, 3.05) is 0 Å². The van der Waals surface area contributed by atoms with Gasteiger partial charge in [0.15, 0.2) is 0 Å². The van der Waals surface area contributed by atoms with Crippen LogP contribution in [0.5, 0.6) is 0 Å². The molecular formula is C14H25N3. The molecule has 1 heterocycles. The fourth-order valence-corrected chi connectivity index (χ4v) is 2.56. The van der Waals surface area contributed by atoms with Gasteiger partial charge in [0.25, 0.3) is 0 Å². The molecule has 96 valence electrons. The smallest absolute Gasteiger partial charge is 0.0642 e. The van der Waals surface area contributed by atoms with E-state index in [0.29, 0.717) is 6.04 Å². The molecule has 0 aliphatic heterocycles. The first-order chi connectivity index (χ1) is 8.11. The summed E-state index contributed by atoms with van der Waals surface area (Å²) in [5, 5.41) is 4.70. The molecule has 1 atom stereocenters. The van der Waals surface area contributed by atoms with Gasteiger partial charge in [-0.2, -0.15) is 5.10 Å². The minimum absolute atomic E-state index is 0.119. The molecule has 1 saturated carbocycles. The predicted octanol–water partition coefficient (Wildman–Crippen LogP) is 3.06. The minimum atomic E-state index is -0.119. The summed E-state index contributed by atoms with van der Waals surface area (Å²) in [5.41, 5.74) is 7.21. The Balaban J connectivity index is 2.00. The molecule has 2 N–H and O–H groups in total. The number of hydrogen-bond acceptors (Lipinski definition) is 2. The van der Waals surface area contributed by atoms with Gasteiger partial charge in [0.2, 0.25) is 0 Å². The molecule has 0 aromatic carbocycles. The fraction of sp³-hybridized carbons (Fsp3) is 0.786. The Morgan fingerprint density at radius 3 is 2.76 bits per heavy atom. The fourth-order valence-electron chi connectivity index (χ4n) is 2.56. The highest BCUT2D eigenvalue weighted by atomic mass is 15.3. The lowest BCUT2D eigenvalue weighted by molar-refractivity contribution is 0.326. The summed E-state index contributed by atoms with van der Waals surface area (Å²) in [7, 11) is 0. The van der Waals surface area contributed by atoms with Gasteiger partial charge in [0, 0.05) is 18.2 Å². The summed E-state index contributed by atoms with van der Waals surface area (Å²) in [6, 6.07) is 2.76. The van der Waals surface area contributed by atoms with Crippen LogP contribution < -0.4 is 5.73 Å². The van der Waals surface area contributed by atoms with Crippen molar-refractivity contribution in [3.05, 3.63) is 18.0 Å². The molecule has 0 saturated heterocycles. The van der Waals surface area contributed by atoms with Crippen molar-refractivity contribution in [3.8, 4) is 0 Å². The van der Waals surface area contributed by atoms with Crippen molar-refractivity contribution in [2.24, 2.45) is 5.73 Å². The summed E-state index contributed by atoms with van der Waals surface area (Å²) >= 11 is 0. The zero-order valence-electron chi connectivity index (χ0n) is 11.2. The maximum Gasteiger partial charge on any atom is 0.0642 e. The molecule has 3 nitrogen and oxygen atoms in total. The summed E-state index contributed by atoms with van der Waals surface area (Å²) in [6.45, 7) is 4.24. The Hall–Kier alpha value is -0.830. The van der Waals surface area contributed by atoms with E-state index < -0.39 is 0 Å². The molecule has 3 heteroatoms. The quantitative estimate of drug-likeness (QED) is 0.871. The van der Waals surface area contributed by atoms with Crippen LogP contribution in [0.1, 0.15) is 64.1 Å². The third-order valence-corrected chi connectivity index (χ3v) is 4.01. The molecule has 1 fully saturated rings. The molecule has 17 heavy (non-hydrogen) atoms. The first kappa shape index (κ1) is 12.6. The van der Waals surface area contributed by atoms with E-state index in [2.05, 4.69) is 30.8 Å². The Labute approximate surface area is 104 Å². The van der Waals surface area contributed by atoms with Gasteiger partial charge in [0.05, 0.1) is 11.7 Å². The number of rotatable bonds is 4. The molecule has 2 rings (SSSR count). The first-order valence-electron chi connectivity index (χ1n) is 6.93. The molecule has 1 aliphatic carbocycles. The van der Waals surface area contributed by atoms with Crippen LogP contribution in [-0.4, -0.2) is 15.3 Å². The van der Waals surface area contributed by atoms with E-state index >= 15 is 0 Å². The predicted molar refractivity (Wildman–Crippen MR) is 70.9 cm³/mol. The Kier molecular flexibility index (Phi) is 3.87. The topological polar surface area (TPSA) is 43.8 Å². The van der Waals surface area contributed by atoms with Gasteiger partial charge >= 0.3 is 0 Å². The lowest BCUT2D eigenvalue weighted by Crippen LogP contribution is -2.37. The third-order valence-electron chi connectivity index (χ3n) is 4.01. The highest BCUT2D eigenvalue weighted by molar-refractivity contribution is 5.05. The SMILES string of the molecule is CCC(C)(N)Cc1ccn(C2CCCCC2)n1. The highest BCUT2D eigenvalue weighted by Gasteiger charge is 2.20. The molecular weight excluding hydrogens is 210 g/mol. The van der Waals surface area contributed by atoms with Gasteiger partial charge in [0.1, 0.15) is 0 Å². The monoisotopic (exact) mass is 235 g/mol. The van der Waals surface area contributed by atoms with E-state index in [0.717, 1.165) is 18.5 Å². The van der Waals surface area contributed by atoms with E-state index in [1.165, 1.54) is 32.1 Å². The van der Waals surface area contributed by atoms with E-state index in [1.54, 1.807) is 0 Å². The average molecular weight is 235 g/mol. The van der Waals surface area contributed by atoms with Gasteiger partial charge in [-0.25, -0.2) is 0 Å². The number of hydrogen-bond donors (Lipinski definition) is 1. The van der Waals surface area contributed by atoms with E-state index in [4.69, 9.17) is 10.8 Å². The molecule has 1 unspecified atom stereocenters. The molecule has 0 radical (unpaired) electrons. The van der Waals surface area contributed by atoms with Crippen molar-refractivity contribution in [2.45, 2.75) is 70.4 Å². The van der Waals surface area contributed by atoms with E-state index in [1.807, 2.05) is 0 Å². The van der Waals surface area contributed by atoms with Crippen LogP contribution in [0.3, 0.4) is 0 Å². The summed E-state index contributed by atoms with van der Waals surface area (Å²) < 4.78 is 2.17. The number of aromatic nitrogens is 2. The molecule has 1 aromatic rings. The van der Waals surface area contributed by atoms with Gasteiger partial charge in [-0.3, -0.25) is 4.68 Å². The Bertz CT molecular complexity index is 348. The normalized spacial score (nSPS) is 21.4. The lowest BCUT2D eigenvalue weighted by atomic mass is 9.94. The maximum atomic E-state index is 6.19. The van der Waals surface area contributed by atoms with Gasteiger partial charge in [-0.05, 0) is 32.3 Å². The largest absolute Gasteiger partial charge is 0.325 e. The van der Waals surface area contributed by atoms with Crippen molar-refractivity contribution in [1.29, 1.82) is 0 Å². The van der Waals surface area contributed by atoms with Gasteiger partial charge < -0.3 is 5.73 Å². The summed E-state index contributed by atoms with van der Waals surface area (Å²) in [4.78, 5) is 0. The molecule has 1 aliphatic rings. The first-order valence-corrected chi connectivity index (χ1v) is 6.93. The zero-order valence-corrected chi connectivity index (χ0v) is 11.2. The van der Waals surface area contributed by atoms with Crippen LogP contribution in [-0.2, 0) is 6.42 Å². The van der Waals surface area contributed by atoms with Crippen LogP contribution in [0.15, 0.2) is 12.3 Å². The molecule has 0 amide bonds. The minimum Gasteiger partial charge on any atom is -0.325 e. The molecule has 0 spiro atoms. The van der Waals surface area contributed by atoms with Gasteiger partial charge in [-0.15, -0.1) is 0 Å². The Morgan fingerprint density at radius 2 is 2.12 bits per heavy atom. The van der Waals surface area contributed by atoms with Crippen molar-refractivity contribution in [3.63, 3.8) is 0 Å². The average Bonchev–Trinajstić information content (AvgIpc) is 2.78. The van der Waals surface area contributed by atoms with E-state index in [-0.39, 0.29) is 5.54 Å². The second-order valence-electron chi connectivity index (χ2n) is 5.76. The standard InChI is InChI=1S/C14H25N3/c1-3-14(2,15)11-12-9-10-17(16-12)13-7-5-4-6-8-13/h9-10,13H,3-8,11,15H2,1-2H3. The lowest BCUT2D eigenvalue weighted by Gasteiger charge is -2.23. The second-order valence-corrected chi connectivity index (χ2v) is 5.76. The highest BCUT2D eigenvalue weighted by Crippen LogP contribution is 2.27. The van der Waals surface area contributed by atoms with Gasteiger partial charge in [-0.1, -0.05) is 26.2 Å². The maximum absolute atomic E-state index is 6.19. The van der Waals surface area contributed by atoms with Crippen molar-refractivity contribution >= 4 is 0 Å². The van der Waals surface area contributed by atoms with Crippen LogP contribution in [0.4, 0.5) is 0 Å². The molecule has 1 aromatic heterocycles. The van der Waals surface area contributed by atoms with Crippen molar-refractivity contribution < 1.29 is 0 Å². The van der Waals surface area contributed by atoms with E-state index in [9.17, 15) is 0 Å². The van der Waals surface area contributed by atoms with Crippen molar-refractivity contribution in [1.82, 2.24) is 9.78 Å². The van der Waals surface area contributed by atoms with Crippen LogP contribution in [0, 0.1) is 0 Å². The summed E-state index contributed by atoms with van der Waals surface area (Å²) in [5.74, 6) is 0. The van der Waals surface area contributed by atoms with Crippen LogP contribution >= 0.6 is 0 Å².